The van der Waals surface area contributed by atoms with E-state index in [0.29, 0.717) is 5.02 Å². The van der Waals surface area contributed by atoms with Crippen LogP contribution in [0.15, 0.2) is 84.9 Å². The molecular weight excluding hydrogens is 406 g/mol. The van der Waals surface area contributed by atoms with Crippen molar-refractivity contribution in [2.75, 3.05) is 36.4 Å². The van der Waals surface area contributed by atoms with Crippen molar-refractivity contribution in [2.24, 2.45) is 0 Å². The molecule has 0 aliphatic carbocycles. The first-order chi connectivity index (χ1) is 15.2. The van der Waals surface area contributed by atoms with Gasteiger partial charge >= 0.3 is 0 Å². The Labute approximate surface area is 188 Å². The van der Waals surface area contributed by atoms with Crippen molar-refractivity contribution >= 4 is 35.0 Å². The van der Waals surface area contributed by atoms with Crippen molar-refractivity contribution in [2.45, 2.75) is 6.54 Å². The molecule has 0 unspecified atom stereocenters. The minimum absolute atomic E-state index is 0.155. The zero-order valence-electron chi connectivity index (χ0n) is 17.4. The normalized spacial score (nSPS) is 14.7. The van der Waals surface area contributed by atoms with Crippen LogP contribution >= 0.6 is 11.6 Å². The first kappa shape index (κ1) is 21.2. The van der Waals surface area contributed by atoms with Crippen LogP contribution in [0.1, 0.15) is 11.1 Å². The summed E-state index contributed by atoms with van der Waals surface area (Å²) in [5.74, 6) is -0.155. The molecule has 4 nitrogen and oxygen atoms in total. The molecule has 3 aromatic carbocycles. The van der Waals surface area contributed by atoms with E-state index in [0.717, 1.165) is 44.0 Å². The topological polar surface area (TPSA) is 35.6 Å². The summed E-state index contributed by atoms with van der Waals surface area (Å²) in [5, 5.41) is 3.59. The van der Waals surface area contributed by atoms with Crippen molar-refractivity contribution in [1.82, 2.24) is 4.90 Å². The third kappa shape index (κ3) is 6.20. The SMILES string of the molecule is O=C(/C=C/c1ccc(Cl)cc1)Nc1ccc(N2CCN(Cc3ccccc3)CC2)cc1. The summed E-state index contributed by atoms with van der Waals surface area (Å²) in [4.78, 5) is 17.1. The van der Waals surface area contributed by atoms with E-state index in [2.05, 4.69) is 57.6 Å². The summed E-state index contributed by atoms with van der Waals surface area (Å²) < 4.78 is 0. The van der Waals surface area contributed by atoms with Gasteiger partial charge in [0.2, 0.25) is 5.91 Å². The van der Waals surface area contributed by atoms with Crippen LogP contribution < -0.4 is 10.2 Å². The lowest BCUT2D eigenvalue weighted by Gasteiger charge is -2.36. The zero-order valence-corrected chi connectivity index (χ0v) is 18.1. The quantitative estimate of drug-likeness (QED) is 0.537. The van der Waals surface area contributed by atoms with Crippen molar-refractivity contribution in [3.8, 4) is 0 Å². The first-order valence-corrected chi connectivity index (χ1v) is 10.9. The Balaban J connectivity index is 1.26. The summed E-state index contributed by atoms with van der Waals surface area (Å²) >= 11 is 5.88. The molecule has 0 spiro atoms. The number of anilines is 2. The lowest BCUT2D eigenvalue weighted by Crippen LogP contribution is -2.45. The molecule has 1 heterocycles. The molecule has 0 bridgehead atoms. The van der Waals surface area contributed by atoms with Crippen LogP contribution in [0.4, 0.5) is 11.4 Å². The maximum Gasteiger partial charge on any atom is 0.248 e. The van der Waals surface area contributed by atoms with E-state index in [9.17, 15) is 4.79 Å². The fourth-order valence-corrected chi connectivity index (χ4v) is 3.82. The molecule has 1 N–H and O–H groups in total. The Morgan fingerprint density at radius 3 is 2.23 bits per heavy atom. The summed E-state index contributed by atoms with van der Waals surface area (Å²) in [6, 6.07) is 26.0. The largest absolute Gasteiger partial charge is 0.369 e. The highest BCUT2D eigenvalue weighted by atomic mass is 35.5. The average Bonchev–Trinajstić information content (AvgIpc) is 2.80. The molecule has 1 aliphatic rings. The average molecular weight is 432 g/mol. The van der Waals surface area contributed by atoms with Gasteiger partial charge < -0.3 is 10.2 Å². The molecule has 5 heteroatoms. The predicted octanol–water partition coefficient (Wildman–Crippen LogP) is 5.31. The minimum atomic E-state index is -0.155. The first-order valence-electron chi connectivity index (χ1n) is 10.5. The molecule has 3 aromatic rings. The standard InChI is InChI=1S/C26H26ClN3O/c27-23-9-6-21(7-10-23)8-15-26(31)28-24-11-13-25(14-12-24)30-18-16-29(17-19-30)20-22-4-2-1-3-5-22/h1-15H,16-20H2,(H,28,31)/b15-8+. The molecule has 4 rings (SSSR count). The van der Waals surface area contributed by atoms with Gasteiger partial charge in [0.15, 0.2) is 0 Å². The Bertz CT molecular complexity index is 1010. The third-order valence-electron chi connectivity index (χ3n) is 5.42. The van der Waals surface area contributed by atoms with Gasteiger partial charge in [0.1, 0.15) is 0 Å². The van der Waals surface area contributed by atoms with Crippen molar-refractivity contribution in [1.29, 1.82) is 0 Å². The Kier molecular flexibility index (Phi) is 7.03. The molecule has 1 saturated heterocycles. The molecule has 1 fully saturated rings. The second-order valence-electron chi connectivity index (χ2n) is 7.67. The number of nitrogens with one attached hydrogen (secondary N) is 1. The second kappa shape index (κ2) is 10.3. The number of piperazine rings is 1. The third-order valence-corrected chi connectivity index (χ3v) is 5.67. The number of carbonyl (C=O) groups excluding carboxylic acids is 1. The van der Waals surface area contributed by atoms with Gasteiger partial charge in [-0.25, -0.2) is 0 Å². The van der Waals surface area contributed by atoms with Crippen LogP contribution in [0.25, 0.3) is 6.08 Å². The zero-order chi connectivity index (χ0) is 21.5. The Morgan fingerprint density at radius 2 is 1.55 bits per heavy atom. The molecule has 0 radical (unpaired) electrons. The monoisotopic (exact) mass is 431 g/mol. The number of hydrogen-bond acceptors (Lipinski definition) is 3. The predicted molar refractivity (Wildman–Crippen MR) is 129 cm³/mol. The van der Waals surface area contributed by atoms with E-state index in [4.69, 9.17) is 11.6 Å². The van der Waals surface area contributed by atoms with Gasteiger partial charge in [0.05, 0.1) is 0 Å². The molecule has 158 valence electrons. The van der Waals surface area contributed by atoms with Crippen molar-refractivity contribution in [3.05, 3.63) is 101 Å². The van der Waals surface area contributed by atoms with E-state index >= 15 is 0 Å². The summed E-state index contributed by atoms with van der Waals surface area (Å²) in [6.07, 6.45) is 3.30. The number of nitrogens with zero attached hydrogens (tertiary/aromatic N) is 2. The number of carbonyl (C=O) groups is 1. The molecule has 0 atom stereocenters. The highest BCUT2D eigenvalue weighted by Gasteiger charge is 2.17. The van der Waals surface area contributed by atoms with Crippen LogP contribution in [-0.2, 0) is 11.3 Å². The number of benzene rings is 3. The van der Waals surface area contributed by atoms with Crippen LogP contribution in [0.3, 0.4) is 0 Å². The highest BCUT2D eigenvalue weighted by Crippen LogP contribution is 2.20. The summed E-state index contributed by atoms with van der Waals surface area (Å²) in [5.41, 5.74) is 4.27. The summed E-state index contributed by atoms with van der Waals surface area (Å²) in [6.45, 7) is 5.10. The molecule has 31 heavy (non-hydrogen) atoms. The Hall–Kier alpha value is -3.08. The van der Waals surface area contributed by atoms with E-state index < -0.39 is 0 Å². The summed E-state index contributed by atoms with van der Waals surface area (Å²) in [7, 11) is 0. The maximum atomic E-state index is 12.2. The molecule has 0 aromatic heterocycles. The number of amides is 1. The van der Waals surface area contributed by atoms with Gasteiger partial charge in [-0.1, -0.05) is 54.1 Å². The van der Waals surface area contributed by atoms with E-state index in [1.54, 1.807) is 18.2 Å². The van der Waals surface area contributed by atoms with Gasteiger partial charge in [-0.2, -0.15) is 0 Å². The Morgan fingerprint density at radius 1 is 0.871 bits per heavy atom. The maximum absolute atomic E-state index is 12.2. The van der Waals surface area contributed by atoms with E-state index in [1.807, 2.05) is 24.3 Å². The van der Waals surface area contributed by atoms with Gasteiger partial charge in [0, 0.05) is 55.2 Å². The smallest absolute Gasteiger partial charge is 0.248 e. The van der Waals surface area contributed by atoms with Gasteiger partial charge in [0.25, 0.3) is 0 Å². The second-order valence-corrected chi connectivity index (χ2v) is 8.11. The lowest BCUT2D eigenvalue weighted by atomic mass is 10.2. The van der Waals surface area contributed by atoms with Gasteiger partial charge in [-0.3, -0.25) is 9.69 Å². The van der Waals surface area contributed by atoms with Gasteiger partial charge in [-0.05, 0) is 53.6 Å². The van der Waals surface area contributed by atoms with E-state index in [-0.39, 0.29) is 5.91 Å². The minimum Gasteiger partial charge on any atom is -0.369 e. The highest BCUT2D eigenvalue weighted by molar-refractivity contribution is 6.30. The fourth-order valence-electron chi connectivity index (χ4n) is 3.69. The molecule has 1 amide bonds. The fraction of sp³-hybridized carbons (Fsp3) is 0.192. The van der Waals surface area contributed by atoms with Gasteiger partial charge in [-0.15, -0.1) is 0 Å². The van der Waals surface area contributed by atoms with Crippen molar-refractivity contribution < 1.29 is 4.79 Å². The number of halogens is 1. The molecule has 0 saturated carbocycles. The van der Waals surface area contributed by atoms with E-state index in [1.165, 1.54) is 17.3 Å². The van der Waals surface area contributed by atoms with Crippen molar-refractivity contribution in [3.63, 3.8) is 0 Å². The number of hydrogen-bond donors (Lipinski definition) is 1. The molecule has 1 aliphatic heterocycles. The number of rotatable bonds is 6. The van der Waals surface area contributed by atoms with Crippen LogP contribution in [0.5, 0.6) is 0 Å². The lowest BCUT2D eigenvalue weighted by molar-refractivity contribution is -0.111. The molecular formula is C26H26ClN3O. The van der Waals surface area contributed by atoms with Crippen LogP contribution in [0.2, 0.25) is 5.02 Å². The van der Waals surface area contributed by atoms with Crippen LogP contribution in [-0.4, -0.2) is 37.0 Å². The van der Waals surface area contributed by atoms with Crippen LogP contribution in [0, 0.1) is 0 Å².